The molecule has 5 nitrogen and oxygen atoms in total. The molecular formula is C30H43NO4. The largest absolute Gasteiger partial charge is 0.497 e. The van der Waals surface area contributed by atoms with E-state index in [2.05, 4.69) is 18.8 Å². The summed E-state index contributed by atoms with van der Waals surface area (Å²) in [4.78, 5) is 0. The first kappa shape index (κ1) is 28.8. The van der Waals surface area contributed by atoms with E-state index in [4.69, 9.17) is 9.47 Å². The highest BCUT2D eigenvalue weighted by molar-refractivity contribution is 5.49. The van der Waals surface area contributed by atoms with Gasteiger partial charge in [-0.25, -0.2) is 0 Å². The van der Waals surface area contributed by atoms with Crippen molar-refractivity contribution in [1.82, 2.24) is 5.32 Å². The number of aliphatic hydroxyl groups excluding tert-OH is 2. The smallest absolute Gasteiger partial charge is 0.118 e. The molecule has 0 spiro atoms. The van der Waals surface area contributed by atoms with E-state index in [1.807, 2.05) is 72.8 Å². The molecule has 35 heavy (non-hydrogen) atoms. The van der Waals surface area contributed by atoms with Gasteiger partial charge in [-0.3, -0.25) is 0 Å². The molecule has 192 valence electrons. The predicted molar refractivity (Wildman–Crippen MR) is 144 cm³/mol. The number of methoxy groups -OCH3 is 1. The van der Waals surface area contributed by atoms with E-state index in [0.29, 0.717) is 19.6 Å². The first-order valence-electron chi connectivity index (χ1n) is 12.7. The van der Waals surface area contributed by atoms with E-state index in [0.717, 1.165) is 49.0 Å². The van der Waals surface area contributed by atoms with Gasteiger partial charge in [-0.05, 0) is 42.5 Å². The summed E-state index contributed by atoms with van der Waals surface area (Å²) in [5, 5.41) is 25.2. The third kappa shape index (κ3) is 11.2. The lowest BCUT2D eigenvalue weighted by molar-refractivity contribution is -0.00280. The minimum Gasteiger partial charge on any atom is -0.497 e. The van der Waals surface area contributed by atoms with Gasteiger partial charge >= 0.3 is 0 Å². The quantitative estimate of drug-likeness (QED) is 0.193. The molecule has 0 saturated carbocycles. The molecule has 3 N–H and O–H groups in total. The van der Waals surface area contributed by atoms with Gasteiger partial charge in [0.05, 0.1) is 32.0 Å². The zero-order valence-electron chi connectivity index (χ0n) is 21.3. The number of benzene rings is 2. The second-order valence-corrected chi connectivity index (χ2v) is 8.93. The Morgan fingerprint density at radius 3 is 2.40 bits per heavy atom. The standard InChI is InChI=1S/C30H43NO4/c1-4-6-8-14-29(32)30(33)28(20-17-24-12-9-7-10-13-24)31-26(11-5-2)21-22-35-23-25-15-18-27(34-3)19-16-25/h5,7,9-10,12-13,15-20,26,28-33H,2,4,6,8,11,14,21-23H2,1,3H3/b20-17+/t26-,28-,29+,30-/m1/s1. The number of hydrogen-bond donors (Lipinski definition) is 3. The van der Waals surface area contributed by atoms with Crippen LogP contribution in [-0.2, 0) is 11.3 Å². The van der Waals surface area contributed by atoms with Crippen molar-refractivity contribution in [1.29, 1.82) is 0 Å². The van der Waals surface area contributed by atoms with Crippen molar-refractivity contribution in [3.63, 3.8) is 0 Å². The molecule has 0 unspecified atom stereocenters. The number of nitrogens with one attached hydrogen (secondary N) is 1. The van der Waals surface area contributed by atoms with Gasteiger partial charge in [0.15, 0.2) is 0 Å². The van der Waals surface area contributed by atoms with E-state index in [1.54, 1.807) is 7.11 Å². The Bertz CT molecular complexity index is 837. The van der Waals surface area contributed by atoms with Crippen LogP contribution in [0.2, 0.25) is 0 Å². The summed E-state index contributed by atoms with van der Waals surface area (Å²) in [7, 11) is 1.65. The molecule has 0 aromatic heterocycles. The van der Waals surface area contributed by atoms with Crippen LogP contribution in [0.4, 0.5) is 0 Å². The molecule has 0 aliphatic heterocycles. The highest BCUT2D eigenvalue weighted by Gasteiger charge is 2.26. The molecule has 0 radical (unpaired) electrons. The Labute approximate surface area is 211 Å². The highest BCUT2D eigenvalue weighted by atomic mass is 16.5. The van der Waals surface area contributed by atoms with Crippen molar-refractivity contribution in [3.05, 3.63) is 84.5 Å². The fraction of sp³-hybridized carbons (Fsp3) is 0.467. The molecule has 0 aliphatic carbocycles. The lowest BCUT2D eigenvalue weighted by atomic mass is 9.97. The SMILES string of the molecule is C=CC[C@H](CCOCc1ccc(OC)cc1)N[C@H](/C=C/c1ccccc1)[C@@H](O)[C@@H](O)CCCCC. The number of ether oxygens (including phenoxy) is 2. The molecular weight excluding hydrogens is 438 g/mol. The summed E-state index contributed by atoms with van der Waals surface area (Å²) in [5.74, 6) is 0.828. The summed E-state index contributed by atoms with van der Waals surface area (Å²) in [6.45, 7) is 7.13. The van der Waals surface area contributed by atoms with Gasteiger partial charge in [0.1, 0.15) is 5.75 Å². The molecule has 2 aromatic rings. The van der Waals surface area contributed by atoms with Crippen LogP contribution in [0.3, 0.4) is 0 Å². The Hall–Kier alpha value is -2.44. The molecule has 2 aromatic carbocycles. The molecule has 4 atom stereocenters. The maximum Gasteiger partial charge on any atom is 0.118 e. The van der Waals surface area contributed by atoms with Crippen LogP contribution in [0.5, 0.6) is 5.75 Å². The average Bonchev–Trinajstić information content (AvgIpc) is 2.89. The van der Waals surface area contributed by atoms with E-state index in [9.17, 15) is 10.2 Å². The van der Waals surface area contributed by atoms with Crippen molar-refractivity contribution in [2.45, 2.75) is 76.3 Å². The summed E-state index contributed by atoms with van der Waals surface area (Å²) in [5.41, 5.74) is 2.14. The van der Waals surface area contributed by atoms with Gasteiger partial charge in [-0.15, -0.1) is 6.58 Å². The van der Waals surface area contributed by atoms with E-state index in [-0.39, 0.29) is 6.04 Å². The Balaban J connectivity index is 1.98. The maximum atomic E-state index is 11.0. The number of unbranched alkanes of at least 4 members (excludes halogenated alkanes) is 2. The van der Waals surface area contributed by atoms with Gasteiger partial charge in [0.2, 0.25) is 0 Å². The van der Waals surface area contributed by atoms with Crippen LogP contribution in [0, 0.1) is 0 Å². The molecule has 5 heteroatoms. The predicted octanol–water partition coefficient (Wildman–Crippen LogP) is 5.52. The maximum absolute atomic E-state index is 11.0. The average molecular weight is 482 g/mol. The lowest BCUT2D eigenvalue weighted by Crippen LogP contribution is -2.49. The third-order valence-corrected chi connectivity index (χ3v) is 6.08. The van der Waals surface area contributed by atoms with Crippen molar-refractivity contribution in [3.8, 4) is 5.75 Å². The molecule has 0 amide bonds. The van der Waals surface area contributed by atoms with Gasteiger partial charge in [0, 0.05) is 12.6 Å². The van der Waals surface area contributed by atoms with Crippen molar-refractivity contribution in [2.75, 3.05) is 13.7 Å². The van der Waals surface area contributed by atoms with Crippen LogP contribution in [-0.4, -0.2) is 48.2 Å². The second kappa shape index (κ2) is 17.1. The minimum absolute atomic E-state index is 0.0614. The van der Waals surface area contributed by atoms with Crippen molar-refractivity contribution in [2.24, 2.45) is 0 Å². The Morgan fingerprint density at radius 1 is 1.00 bits per heavy atom. The summed E-state index contributed by atoms with van der Waals surface area (Å²) >= 11 is 0. The normalized spacial score (nSPS) is 15.0. The summed E-state index contributed by atoms with van der Waals surface area (Å²) < 4.78 is 11.1. The zero-order valence-corrected chi connectivity index (χ0v) is 21.3. The molecule has 0 fully saturated rings. The van der Waals surface area contributed by atoms with Gasteiger partial charge < -0.3 is 25.0 Å². The topological polar surface area (TPSA) is 71.0 Å². The fourth-order valence-corrected chi connectivity index (χ4v) is 3.94. The minimum atomic E-state index is -0.903. The highest BCUT2D eigenvalue weighted by Crippen LogP contribution is 2.15. The van der Waals surface area contributed by atoms with E-state index < -0.39 is 18.2 Å². The van der Waals surface area contributed by atoms with E-state index in [1.165, 1.54) is 0 Å². The molecule has 2 rings (SSSR count). The molecule has 0 aliphatic rings. The summed E-state index contributed by atoms with van der Waals surface area (Å²) in [6.07, 6.45) is 9.25. The Kier molecular flexibility index (Phi) is 14.0. The third-order valence-electron chi connectivity index (χ3n) is 6.08. The first-order valence-corrected chi connectivity index (χ1v) is 12.7. The van der Waals surface area contributed by atoms with E-state index >= 15 is 0 Å². The first-order chi connectivity index (χ1) is 17.1. The van der Waals surface area contributed by atoms with Crippen LogP contribution >= 0.6 is 0 Å². The molecule has 0 heterocycles. The number of hydrogen-bond acceptors (Lipinski definition) is 5. The van der Waals surface area contributed by atoms with Crippen LogP contribution in [0.15, 0.2) is 73.3 Å². The Morgan fingerprint density at radius 2 is 1.74 bits per heavy atom. The fourth-order valence-electron chi connectivity index (χ4n) is 3.94. The number of rotatable bonds is 18. The van der Waals surface area contributed by atoms with Crippen LogP contribution in [0.1, 0.15) is 56.6 Å². The lowest BCUT2D eigenvalue weighted by Gasteiger charge is -2.29. The van der Waals surface area contributed by atoms with Gasteiger partial charge in [-0.1, -0.05) is 86.9 Å². The zero-order chi connectivity index (χ0) is 25.3. The summed E-state index contributed by atoms with van der Waals surface area (Å²) in [6, 6.07) is 17.5. The monoisotopic (exact) mass is 481 g/mol. The van der Waals surface area contributed by atoms with Crippen LogP contribution in [0.25, 0.3) is 6.08 Å². The van der Waals surface area contributed by atoms with Gasteiger partial charge in [0.25, 0.3) is 0 Å². The van der Waals surface area contributed by atoms with Crippen molar-refractivity contribution >= 4 is 6.08 Å². The van der Waals surface area contributed by atoms with Crippen LogP contribution < -0.4 is 10.1 Å². The second-order valence-electron chi connectivity index (χ2n) is 8.93. The number of aliphatic hydroxyl groups is 2. The molecule has 0 saturated heterocycles. The molecule has 0 bridgehead atoms. The van der Waals surface area contributed by atoms with Gasteiger partial charge in [-0.2, -0.15) is 0 Å². The van der Waals surface area contributed by atoms with Crippen molar-refractivity contribution < 1.29 is 19.7 Å².